The Bertz CT molecular complexity index is 503. The minimum atomic E-state index is -0.0522. The molecule has 0 saturated carbocycles. The maximum Gasteiger partial charge on any atom is 0.251 e. The van der Waals surface area contributed by atoms with Crippen molar-refractivity contribution in [3.05, 3.63) is 34.3 Å². The average molecular weight is 369 g/mol. The van der Waals surface area contributed by atoms with Crippen LogP contribution in [-0.4, -0.2) is 38.5 Å². The Balaban J connectivity index is 2.21. The van der Waals surface area contributed by atoms with Gasteiger partial charge in [-0.2, -0.15) is 0 Å². The molecule has 5 nitrogen and oxygen atoms in total. The Morgan fingerprint density at radius 1 is 1.23 bits per heavy atom. The first-order valence-corrected chi connectivity index (χ1v) is 8.30. The van der Waals surface area contributed by atoms with Crippen LogP contribution in [0, 0.1) is 5.92 Å². The molecule has 0 aliphatic rings. The minimum Gasteiger partial charge on any atom is -0.356 e. The molecule has 0 fully saturated rings. The van der Waals surface area contributed by atoms with Crippen LogP contribution < -0.4 is 16.0 Å². The first-order valence-electron chi connectivity index (χ1n) is 7.51. The van der Waals surface area contributed by atoms with Gasteiger partial charge in [-0.3, -0.25) is 9.79 Å². The molecule has 22 heavy (non-hydrogen) atoms. The van der Waals surface area contributed by atoms with Crippen LogP contribution in [0.4, 0.5) is 0 Å². The van der Waals surface area contributed by atoms with E-state index in [-0.39, 0.29) is 5.91 Å². The molecule has 0 aromatic heterocycles. The first kappa shape index (κ1) is 18.5. The van der Waals surface area contributed by atoms with Gasteiger partial charge in [-0.05, 0) is 30.5 Å². The molecule has 0 spiro atoms. The molecule has 1 aromatic rings. The van der Waals surface area contributed by atoms with E-state index in [0.717, 1.165) is 29.9 Å². The summed E-state index contributed by atoms with van der Waals surface area (Å²) in [4.78, 5) is 16.1. The third-order valence-corrected chi connectivity index (χ3v) is 3.41. The van der Waals surface area contributed by atoms with E-state index >= 15 is 0 Å². The first-order chi connectivity index (χ1) is 10.5. The van der Waals surface area contributed by atoms with E-state index in [0.29, 0.717) is 18.0 Å². The van der Waals surface area contributed by atoms with Crippen LogP contribution in [0.5, 0.6) is 0 Å². The minimum absolute atomic E-state index is 0.0522. The molecular formula is C16H25BrN4O. The van der Waals surface area contributed by atoms with Crippen molar-refractivity contribution in [2.75, 3.05) is 26.7 Å². The van der Waals surface area contributed by atoms with Crippen molar-refractivity contribution in [2.24, 2.45) is 10.9 Å². The summed E-state index contributed by atoms with van der Waals surface area (Å²) in [6.45, 7) is 6.57. The van der Waals surface area contributed by atoms with E-state index in [1.54, 1.807) is 13.1 Å². The normalized spacial score (nSPS) is 11.4. The van der Waals surface area contributed by atoms with Gasteiger partial charge < -0.3 is 16.0 Å². The van der Waals surface area contributed by atoms with Gasteiger partial charge in [-0.1, -0.05) is 35.8 Å². The predicted molar refractivity (Wildman–Crippen MR) is 95.3 cm³/mol. The lowest BCUT2D eigenvalue weighted by Gasteiger charge is -2.13. The fourth-order valence-corrected chi connectivity index (χ4v) is 2.15. The van der Waals surface area contributed by atoms with E-state index in [1.807, 2.05) is 18.2 Å². The van der Waals surface area contributed by atoms with Gasteiger partial charge in [0.15, 0.2) is 5.96 Å². The van der Waals surface area contributed by atoms with E-state index in [9.17, 15) is 4.79 Å². The molecule has 0 aliphatic heterocycles. The van der Waals surface area contributed by atoms with Gasteiger partial charge in [0.25, 0.3) is 5.91 Å². The second kappa shape index (κ2) is 10.2. The quantitative estimate of drug-likeness (QED) is 0.393. The zero-order valence-electron chi connectivity index (χ0n) is 13.4. The molecule has 0 unspecified atom stereocenters. The summed E-state index contributed by atoms with van der Waals surface area (Å²) in [5, 5.41) is 9.38. The summed E-state index contributed by atoms with van der Waals surface area (Å²) in [6.07, 6.45) is 0.835. The maximum absolute atomic E-state index is 11.9. The molecule has 6 heteroatoms. The molecule has 0 bridgehead atoms. The molecule has 0 heterocycles. The molecule has 1 rings (SSSR count). The zero-order chi connectivity index (χ0) is 16.4. The van der Waals surface area contributed by atoms with Crippen molar-refractivity contribution in [3.8, 4) is 0 Å². The fourth-order valence-electron chi connectivity index (χ4n) is 1.75. The molecule has 1 amide bonds. The molecule has 3 N–H and O–H groups in total. The summed E-state index contributed by atoms with van der Waals surface area (Å²) in [5.41, 5.74) is 0.664. The summed E-state index contributed by atoms with van der Waals surface area (Å²) in [6, 6.07) is 7.36. The lowest BCUT2D eigenvalue weighted by atomic mass is 10.2. The van der Waals surface area contributed by atoms with E-state index in [1.165, 1.54) is 0 Å². The second-order valence-corrected chi connectivity index (χ2v) is 6.31. The predicted octanol–water partition coefficient (Wildman–Crippen LogP) is 2.39. The molecule has 0 aliphatic carbocycles. The highest BCUT2D eigenvalue weighted by molar-refractivity contribution is 9.10. The number of carbonyl (C=O) groups excluding carboxylic acids is 1. The Hall–Kier alpha value is -1.56. The smallest absolute Gasteiger partial charge is 0.251 e. The Kier molecular flexibility index (Phi) is 8.58. The van der Waals surface area contributed by atoms with E-state index in [2.05, 4.69) is 50.7 Å². The van der Waals surface area contributed by atoms with Crippen molar-refractivity contribution in [1.82, 2.24) is 16.0 Å². The number of nitrogens with one attached hydrogen (secondary N) is 3. The van der Waals surface area contributed by atoms with Crippen molar-refractivity contribution < 1.29 is 4.79 Å². The summed E-state index contributed by atoms with van der Waals surface area (Å²) < 4.78 is 0.904. The van der Waals surface area contributed by atoms with Gasteiger partial charge in [0.05, 0.1) is 0 Å². The molecule has 0 atom stereocenters. The number of nitrogens with zero attached hydrogens (tertiary/aromatic N) is 1. The van der Waals surface area contributed by atoms with Crippen molar-refractivity contribution >= 4 is 27.8 Å². The van der Waals surface area contributed by atoms with Crippen LogP contribution in [0.25, 0.3) is 0 Å². The molecule has 1 aromatic carbocycles. The van der Waals surface area contributed by atoms with Gasteiger partial charge >= 0.3 is 0 Å². The Morgan fingerprint density at radius 3 is 2.59 bits per heavy atom. The molecule has 122 valence electrons. The molecule has 0 saturated heterocycles. The third kappa shape index (κ3) is 7.45. The average Bonchev–Trinajstić information content (AvgIpc) is 2.49. The van der Waals surface area contributed by atoms with Crippen LogP contribution in [0.1, 0.15) is 30.6 Å². The highest BCUT2D eigenvalue weighted by atomic mass is 79.9. The number of guanidine groups is 1. The summed E-state index contributed by atoms with van der Waals surface area (Å²) >= 11 is 3.36. The van der Waals surface area contributed by atoms with Gasteiger partial charge in [-0.15, -0.1) is 0 Å². The van der Waals surface area contributed by atoms with Gasteiger partial charge in [0.2, 0.25) is 0 Å². The lowest BCUT2D eigenvalue weighted by molar-refractivity contribution is 0.0953. The van der Waals surface area contributed by atoms with Gasteiger partial charge in [0.1, 0.15) is 0 Å². The largest absolute Gasteiger partial charge is 0.356 e. The van der Waals surface area contributed by atoms with Crippen LogP contribution in [0.2, 0.25) is 0 Å². The number of hydrogen-bond acceptors (Lipinski definition) is 2. The monoisotopic (exact) mass is 368 g/mol. The fraction of sp³-hybridized carbons (Fsp3) is 0.500. The molecule has 0 radical (unpaired) electrons. The molecular weight excluding hydrogens is 344 g/mol. The van der Waals surface area contributed by atoms with Gasteiger partial charge in [-0.25, -0.2) is 0 Å². The number of carbonyl (C=O) groups is 1. The Morgan fingerprint density at radius 2 is 1.95 bits per heavy atom. The van der Waals surface area contributed by atoms with E-state index < -0.39 is 0 Å². The van der Waals surface area contributed by atoms with E-state index in [4.69, 9.17) is 0 Å². The number of aliphatic imine (C=N–C) groups is 1. The van der Waals surface area contributed by atoms with Crippen molar-refractivity contribution in [1.29, 1.82) is 0 Å². The highest BCUT2D eigenvalue weighted by Gasteiger charge is 2.04. The standard InChI is InChI=1S/C16H25BrN4O/c1-12(2)11-21-16(18-3)20-9-5-8-19-15(22)13-6-4-7-14(17)10-13/h4,6-7,10,12H,5,8-9,11H2,1-3H3,(H,19,22)(H2,18,20,21). The zero-order valence-corrected chi connectivity index (χ0v) is 15.0. The lowest BCUT2D eigenvalue weighted by Crippen LogP contribution is -2.40. The van der Waals surface area contributed by atoms with Crippen molar-refractivity contribution in [2.45, 2.75) is 20.3 Å². The number of halogens is 1. The number of benzene rings is 1. The highest BCUT2D eigenvalue weighted by Crippen LogP contribution is 2.11. The topological polar surface area (TPSA) is 65.5 Å². The van der Waals surface area contributed by atoms with Crippen LogP contribution in [0.15, 0.2) is 33.7 Å². The summed E-state index contributed by atoms with van der Waals surface area (Å²) in [5.74, 6) is 1.32. The number of rotatable bonds is 7. The van der Waals surface area contributed by atoms with Crippen molar-refractivity contribution in [3.63, 3.8) is 0 Å². The van der Waals surface area contributed by atoms with Crippen LogP contribution in [-0.2, 0) is 0 Å². The summed E-state index contributed by atoms with van der Waals surface area (Å²) in [7, 11) is 1.75. The Labute approximate surface area is 141 Å². The SMILES string of the molecule is CN=C(NCCCNC(=O)c1cccc(Br)c1)NCC(C)C. The van der Waals surface area contributed by atoms with Crippen LogP contribution >= 0.6 is 15.9 Å². The number of amides is 1. The van der Waals surface area contributed by atoms with Crippen LogP contribution in [0.3, 0.4) is 0 Å². The second-order valence-electron chi connectivity index (χ2n) is 5.39. The maximum atomic E-state index is 11.9. The third-order valence-electron chi connectivity index (χ3n) is 2.92. The van der Waals surface area contributed by atoms with Gasteiger partial charge in [0, 0.05) is 36.7 Å². The number of hydrogen-bond donors (Lipinski definition) is 3.